The molecule has 4 nitrogen and oxygen atoms in total. The zero-order valence-corrected chi connectivity index (χ0v) is 13.6. The van der Waals surface area contributed by atoms with E-state index in [2.05, 4.69) is 10.1 Å². The third-order valence-corrected chi connectivity index (χ3v) is 4.33. The van der Waals surface area contributed by atoms with E-state index in [0.717, 1.165) is 33.8 Å². The number of H-pyrrole nitrogens is 1. The van der Waals surface area contributed by atoms with E-state index in [4.69, 9.17) is 0 Å². The number of allylic oxidation sites excluding steroid dienone is 1. The summed E-state index contributed by atoms with van der Waals surface area (Å²) in [4.78, 5) is 17.3. The number of nitrogens with one attached hydrogen (secondary N) is 1. The zero-order chi connectivity index (χ0) is 16.7. The average Bonchev–Trinajstić information content (AvgIpc) is 3.12. The van der Waals surface area contributed by atoms with Crippen LogP contribution in [-0.4, -0.2) is 16.0 Å². The van der Waals surface area contributed by atoms with Crippen molar-refractivity contribution in [2.24, 2.45) is 4.99 Å². The normalized spacial score (nSPS) is 14.3. The van der Waals surface area contributed by atoms with Crippen LogP contribution >= 0.6 is 0 Å². The molecule has 1 aromatic heterocycles. The standard InChI is InChI=1S/C20H17N3O/c1-13-7-3-6-10-19(13)23-20(24)17(14(2)22-23)11-15-12-21-18-9-5-4-8-16(15)18/h3-12,22H,1-2H3. The van der Waals surface area contributed by atoms with Gasteiger partial charge in [0.25, 0.3) is 5.56 Å². The summed E-state index contributed by atoms with van der Waals surface area (Å²) in [5, 5.41) is 3.18. The summed E-state index contributed by atoms with van der Waals surface area (Å²) in [5.41, 5.74) is 6.33. The third-order valence-electron chi connectivity index (χ3n) is 4.33. The molecule has 2 aromatic carbocycles. The van der Waals surface area contributed by atoms with E-state index in [1.54, 1.807) is 4.68 Å². The minimum Gasteiger partial charge on any atom is -0.295 e. The summed E-state index contributed by atoms with van der Waals surface area (Å²) in [5.74, 6) is 0. The summed E-state index contributed by atoms with van der Waals surface area (Å²) in [6, 6.07) is 15.8. The van der Waals surface area contributed by atoms with Crippen LogP contribution in [0.1, 0.15) is 22.4 Å². The molecular formula is C20H17N3O. The molecule has 0 aliphatic carbocycles. The number of aliphatic imine (C=N–C) groups is 1. The number of hydrogen-bond donors (Lipinski definition) is 1. The minimum absolute atomic E-state index is 0.0490. The molecule has 4 heteroatoms. The van der Waals surface area contributed by atoms with Gasteiger partial charge in [-0.2, -0.15) is 0 Å². The quantitative estimate of drug-likeness (QED) is 0.762. The molecule has 1 aliphatic heterocycles. The molecule has 0 unspecified atom stereocenters. The Morgan fingerprint density at radius 2 is 1.79 bits per heavy atom. The second kappa shape index (κ2) is 5.49. The van der Waals surface area contributed by atoms with Crippen molar-refractivity contribution in [1.82, 2.24) is 9.78 Å². The van der Waals surface area contributed by atoms with E-state index in [1.807, 2.05) is 74.7 Å². The number of rotatable bonds is 2. The Hall–Kier alpha value is -3.14. The monoisotopic (exact) mass is 315 g/mol. The maximum Gasteiger partial charge on any atom is 0.278 e. The molecule has 1 aliphatic rings. The highest BCUT2D eigenvalue weighted by molar-refractivity contribution is 6.21. The highest BCUT2D eigenvalue weighted by atomic mass is 16.1. The molecule has 0 atom stereocenters. The van der Waals surface area contributed by atoms with Gasteiger partial charge in [-0.05, 0) is 37.6 Å². The fourth-order valence-corrected chi connectivity index (χ4v) is 3.02. The van der Waals surface area contributed by atoms with Crippen LogP contribution in [-0.2, 0) is 0 Å². The highest BCUT2D eigenvalue weighted by Gasteiger charge is 2.16. The second-order valence-electron chi connectivity index (χ2n) is 5.95. The van der Waals surface area contributed by atoms with Gasteiger partial charge in [0, 0.05) is 23.0 Å². The van der Waals surface area contributed by atoms with Crippen molar-refractivity contribution in [3.63, 3.8) is 0 Å². The van der Waals surface area contributed by atoms with Crippen LogP contribution in [0, 0.1) is 13.8 Å². The molecule has 0 spiro atoms. The van der Waals surface area contributed by atoms with Crippen molar-refractivity contribution in [2.45, 2.75) is 13.8 Å². The molecule has 1 N–H and O–H groups in total. The largest absolute Gasteiger partial charge is 0.295 e. The zero-order valence-electron chi connectivity index (χ0n) is 13.6. The van der Waals surface area contributed by atoms with E-state index in [1.165, 1.54) is 0 Å². The molecule has 0 saturated carbocycles. The lowest BCUT2D eigenvalue weighted by Gasteiger charge is -2.04. The third kappa shape index (κ3) is 2.24. The predicted octanol–water partition coefficient (Wildman–Crippen LogP) is 4.04. The van der Waals surface area contributed by atoms with Gasteiger partial charge in [-0.1, -0.05) is 36.4 Å². The average molecular weight is 315 g/mol. The topological polar surface area (TPSA) is 50.1 Å². The molecule has 24 heavy (non-hydrogen) atoms. The van der Waals surface area contributed by atoms with Crippen LogP contribution in [0.4, 0.5) is 5.69 Å². The van der Waals surface area contributed by atoms with Crippen molar-refractivity contribution >= 4 is 23.6 Å². The minimum atomic E-state index is -0.0490. The van der Waals surface area contributed by atoms with Crippen molar-refractivity contribution in [3.05, 3.63) is 81.3 Å². The Labute approximate surface area is 139 Å². The number of para-hydroxylation sites is 2. The first-order valence-corrected chi connectivity index (χ1v) is 7.88. The van der Waals surface area contributed by atoms with Crippen LogP contribution in [0.3, 0.4) is 0 Å². The summed E-state index contributed by atoms with van der Waals surface area (Å²) in [6.07, 6.45) is 3.73. The Balaban J connectivity index is 1.85. The Morgan fingerprint density at radius 1 is 1.04 bits per heavy atom. The van der Waals surface area contributed by atoms with E-state index in [0.29, 0.717) is 5.56 Å². The first-order valence-electron chi connectivity index (χ1n) is 7.88. The van der Waals surface area contributed by atoms with Crippen LogP contribution < -0.4 is 5.56 Å². The number of nitrogens with zero attached hydrogens (tertiary/aromatic N) is 2. The Kier molecular flexibility index (Phi) is 3.31. The van der Waals surface area contributed by atoms with Gasteiger partial charge < -0.3 is 0 Å². The van der Waals surface area contributed by atoms with Gasteiger partial charge in [-0.25, -0.2) is 4.68 Å². The van der Waals surface area contributed by atoms with E-state index < -0.39 is 0 Å². The predicted molar refractivity (Wildman–Crippen MR) is 98.3 cm³/mol. The van der Waals surface area contributed by atoms with E-state index >= 15 is 0 Å². The van der Waals surface area contributed by atoms with Crippen LogP contribution in [0.5, 0.6) is 0 Å². The molecular weight excluding hydrogens is 298 g/mol. The molecule has 0 radical (unpaired) electrons. The van der Waals surface area contributed by atoms with Gasteiger partial charge in [0.05, 0.1) is 16.9 Å². The molecule has 0 amide bonds. The summed E-state index contributed by atoms with van der Waals surface area (Å²) < 4.78 is 1.61. The fourth-order valence-electron chi connectivity index (χ4n) is 3.02. The van der Waals surface area contributed by atoms with Gasteiger partial charge >= 0.3 is 0 Å². The van der Waals surface area contributed by atoms with Crippen molar-refractivity contribution in [2.75, 3.05) is 0 Å². The molecule has 4 rings (SSSR count). The first kappa shape index (κ1) is 14.5. The highest BCUT2D eigenvalue weighted by Crippen LogP contribution is 2.32. The van der Waals surface area contributed by atoms with Crippen LogP contribution in [0.25, 0.3) is 17.3 Å². The number of hydrogen-bond acceptors (Lipinski definition) is 2. The maximum absolute atomic E-state index is 12.9. The van der Waals surface area contributed by atoms with Gasteiger partial charge in [-0.15, -0.1) is 0 Å². The van der Waals surface area contributed by atoms with Gasteiger partial charge in [0.15, 0.2) is 0 Å². The van der Waals surface area contributed by atoms with Gasteiger partial charge in [-0.3, -0.25) is 14.9 Å². The molecule has 3 aromatic rings. The van der Waals surface area contributed by atoms with Crippen LogP contribution in [0.15, 0.2) is 58.3 Å². The van der Waals surface area contributed by atoms with Crippen molar-refractivity contribution in [1.29, 1.82) is 0 Å². The maximum atomic E-state index is 12.9. The Morgan fingerprint density at radius 3 is 2.62 bits per heavy atom. The van der Waals surface area contributed by atoms with Crippen molar-refractivity contribution in [3.8, 4) is 5.69 Å². The SMILES string of the molecule is Cc1ccccc1-n1[nH]c(C)c(C=C2C=Nc3ccccc32)c1=O. The fraction of sp³-hybridized carbons (Fsp3) is 0.100. The lowest BCUT2D eigenvalue weighted by molar-refractivity contribution is 0.829. The number of aryl methyl sites for hydroxylation is 2. The Bertz CT molecular complexity index is 1050. The number of benzene rings is 2. The number of aromatic amines is 1. The number of aromatic nitrogens is 2. The molecule has 118 valence electrons. The smallest absolute Gasteiger partial charge is 0.278 e. The molecule has 0 saturated heterocycles. The summed E-state index contributed by atoms with van der Waals surface area (Å²) >= 11 is 0. The van der Waals surface area contributed by atoms with Crippen LogP contribution in [0.2, 0.25) is 0 Å². The molecule has 0 fully saturated rings. The van der Waals surface area contributed by atoms with E-state index in [-0.39, 0.29) is 5.56 Å². The molecule has 2 heterocycles. The molecule has 0 bridgehead atoms. The van der Waals surface area contributed by atoms with Gasteiger partial charge in [0.2, 0.25) is 0 Å². The lowest BCUT2D eigenvalue weighted by Crippen LogP contribution is -2.16. The van der Waals surface area contributed by atoms with E-state index in [9.17, 15) is 4.79 Å². The second-order valence-corrected chi connectivity index (χ2v) is 5.95. The summed E-state index contributed by atoms with van der Waals surface area (Å²) in [6.45, 7) is 3.91. The first-order chi connectivity index (χ1) is 11.6. The van der Waals surface area contributed by atoms with Gasteiger partial charge in [0.1, 0.15) is 0 Å². The van der Waals surface area contributed by atoms with Crippen molar-refractivity contribution < 1.29 is 0 Å². The summed E-state index contributed by atoms with van der Waals surface area (Å²) in [7, 11) is 0. The lowest BCUT2D eigenvalue weighted by atomic mass is 10.0. The number of fused-ring (bicyclic) bond motifs is 1.